The normalized spacial score (nSPS) is 13.2. The third-order valence-corrected chi connectivity index (χ3v) is 3.79. The molecule has 1 unspecified atom stereocenters. The second kappa shape index (κ2) is 6.09. The Morgan fingerprint density at radius 2 is 2.32 bits per heavy atom. The maximum Gasteiger partial charge on any atom is 0.198 e. The van der Waals surface area contributed by atoms with Gasteiger partial charge in [0.15, 0.2) is 5.22 Å². The van der Waals surface area contributed by atoms with Crippen LogP contribution in [0.2, 0.25) is 5.22 Å². The molecule has 2 rings (SSSR count). The molecule has 1 atom stereocenters. The summed E-state index contributed by atoms with van der Waals surface area (Å²) in [7, 11) is 4.04. The largest absolute Gasteiger partial charge is 0.453 e. The van der Waals surface area contributed by atoms with Gasteiger partial charge in [-0.3, -0.25) is 4.68 Å². The van der Waals surface area contributed by atoms with Crippen LogP contribution in [-0.4, -0.2) is 35.3 Å². The molecule has 0 aliphatic rings. The fourth-order valence-corrected chi connectivity index (χ4v) is 2.60. The minimum atomic E-state index is -0.370. The van der Waals surface area contributed by atoms with Crippen molar-refractivity contribution in [1.29, 1.82) is 0 Å². The fourth-order valence-electron chi connectivity index (χ4n) is 1.83. The zero-order chi connectivity index (χ0) is 14.0. The lowest BCUT2D eigenvalue weighted by atomic mass is 10.1. The van der Waals surface area contributed by atoms with E-state index in [-0.39, 0.29) is 6.04 Å². The highest BCUT2D eigenvalue weighted by atomic mass is 79.9. The van der Waals surface area contributed by atoms with E-state index < -0.39 is 0 Å². The van der Waals surface area contributed by atoms with Crippen LogP contribution in [0.4, 0.5) is 0 Å². The Kier molecular flexibility index (Phi) is 4.67. The zero-order valence-corrected chi connectivity index (χ0v) is 13.1. The molecule has 19 heavy (non-hydrogen) atoms. The number of hydrogen-bond donors (Lipinski definition) is 1. The lowest BCUT2D eigenvalue weighted by Gasteiger charge is -2.16. The fraction of sp³-hybridized carbons (Fsp3) is 0.417. The van der Waals surface area contributed by atoms with E-state index in [2.05, 4.69) is 25.9 Å². The van der Waals surface area contributed by atoms with Gasteiger partial charge in [0.1, 0.15) is 0 Å². The maximum atomic E-state index is 6.27. The average Bonchev–Trinajstić information content (AvgIpc) is 2.92. The van der Waals surface area contributed by atoms with Gasteiger partial charge in [-0.1, -0.05) is 0 Å². The first-order chi connectivity index (χ1) is 9.00. The third-order valence-electron chi connectivity index (χ3n) is 2.87. The van der Waals surface area contributed by atoms with E-state index >= 15 is 0 Å². The summed E-state index contributed by atoms with van der Waals surface area (Å²) in [6.45, 7) is 1.64. The number of furan rings is 1. The number of likely N-dealkylation sites (N-methyl/N-ethyl adjacent to an activating group) is 1. The summed E-state index contributed by atoms with van der Waals surface area (Å²) in [6.07, 6.45) is 3.28. The minimum Gasteiger partial charge on any atom is -0.453 e. The summed E-state index contributed by atoms with van der Waals surface area (Å²) in [5.74, 6) is 0. The Balaban J connectivity index is 2.28. The molecule has 2 aromatic heterocycles. The molecule has 0 aliphatic carbocycles. The van der Waals surface area contributed by atoms with E-state index in [1.807, 2.05) is 18.8 Å². The van der Waals surface area contributed by atoms with Crippen LogP contribution in [-0.2, 0) is 6.54 Å². The van der Waals surface area contributed by atoms with Crippen LogP contribution >= 0.6 is 27.5 Å². The monoisotopic (exact) mass is 346 g/mol. The summed E-state index contributed by atoms with van der Waals surface area (Å²) in [5, 5.41) is 4.66. The molecule has 7 heteroatoms. The van der Waals surface area contributed by atoms with E-state index in [9.17, 15) is 0 Å². The lowest BCUT2D eigenvalue weighted by molar-refractivity contribution is 0.368. The predicted molar refractivity (Wildman–Crippen MR) is 78.2 cm³/mol. The molecule has 2 aromatic rings. The molecular formula is C12H16BrClN4O. The second-order valence-electron chi connectivity index (χ2n) is 4.53. The molecule has 0 bridgehead atoms. The van der Waals surface area contributed by atoms with Crippen LogP contribution in [0, 0.1) is 0 Å². The summed E-state index contributed by atoms with van der Waals surface area (Å²) in [5.41, 5.74) is 7.92. The minimum absolute atomic E-state index is 0.319. The highest BCUT2D eigenvalue weighted by Gasteiger charge is 2.21. The van der Waals surface area contributed by atoms with Crippen molar-refractivity contribution in [2.45, 2.75) is 12.6 Å². The van der Waals surface area contributed by atoms with E-state index in [1.54, 1.807) is 12.3 Å². The number of nitrogens with zero attached hydrogens (tertiary/aromatic N) is 3. The number of aromatic nitrogens is 2. The first-order valence-electron chi connectivity index (χ1n) is 5.85. The Hall–Kier alpha value is -0.820. The van der Waals surface area contributed by atoms with E-state index in [4.69, 9.17) is 21.8 Å². The highest BCUT2D eigenvalue weighted by Crippen LogP contribution is 2.31. The van der Waals surface area contributed by atoms with Crippen molar-refractivity contribution in [3.63, 3.8) is 0 Å². The van der Waals surface area contributed by atoms with Crippen LogP contribution in [0.25, 0.3) is 0 Å². The van der Waals surface area contributed by atoms with Crippen LogP contribution in [0.5, 0.6) is 0 Å². The van der Waals surface area contributed by atoms with Crippen molar-refractivity contribution in [3.05, 3.63) is 39.5 Å². The first-order valence-corrected chi connectivity index (χ1v) is 7.02. The number of rotatable bonds is 5. The number of hydrogen-bond acceptors (Lipinski definition) is 4. The van der Waals surface area contributed by atoms with Gasteiger partial charge < -0.3 is 15.1 Å². The second-order valence-corrected chi connectivity index (χ2v) is 5.73. The smallest absolute Gasteiger partial charge is 0.198 e. The van der Waals surface area contributed by atoms with Gasteiger partial charge in [-0.2, -0.15) is 5.10 Å². The van der Waals surface area contributed by atoms with Crippen LogP contribution in [0.1, 0.15) is 17.3 Å². The SMILES string of the molecule is CN(C)CCn1ncc(Br)c1C(N)c1ccoc1Cl. The molecule has 0 aliphatic heterocycles. The molecule has 0 aromatic carbocycles. The Labute approximate surface area is 125 Å². The zero-order valence-electron chi connectivity index (χ0n) is 10.8. The van der Waals surface area contributed by atoms with E-state index in [1.165, 1.54) is 6.26 Å². The Morgan fingerprint density at radius 3 is 2.89 bits per heavy atom. The van der Waals surface area contributed by atoms with Crippen LogP contribution in [0.15, 0.2) is 27.4 Å². The average molecular weight is 348 g/mol. The molecule has 0 saturated carbocycles. The molecule has 5 nitrogen and oxygen atoms in total. The van der Waals surface area contributed by atoms with Crippen molar-refractivity contribution in [2.24, 2.45) is 5.73 Å². The predicted octanol–water partition coefficient (Wildman–Crippen LogP) is 2.50. The summed E-state index contributed by atoms with van der Waals surface area (Å²) >= 11 is 9.47. The van der Waals surface area contributed by atoms with Gasteiger partial charge in [0.05, 0.1) is 35.2 Å². The third kappa shape index (κ3) is 3.20. The topological polar surface area (TPSA) is 60.2 Å². The Bertz CT molecular complexity index is 552. The van der Waals surface area contributed by atoms with Crippen molar-refractivity contribution >= 4 is 27.5 Å². The number of halogens is 2. The van der Waals surface area contributed by atoms with Gasteiger partial charge in [0, 0.05) is 12.1 Å². The quantitative estimate of drug-likeness (QED) is 0.903. The standard InChI is InChI=1S/C12H16BrClN4O/c1-17(2)4-5-18-11(9(13)7-16-18)10(15)8-3-6-19-12(8)14/h3,6-7,10H,4-5,15H2,1-2H3. The van der Waals surface area contributed by atoms with Gasteiger partial charge in [0.25, 0.3) is 0 Å². The molecule has 0 radical (unpaired) electrons. The molecule has 2 N–H and O–H groups in total. The maximum absolute atomic E-state index is 6.27. The van der Waals surface area contributed by atoms with Crippen molar-refractivity contribution in [3.8, 4) is 0 Å². The molecule has 0 spiro atoms. The van der Waals surface area contributed by atoms with Crippen molar-refractivity contribution < 1.29 is 4.42 Å². The van der Waals surface area contributed by atoms with E-state index in [0.717, 1.165) is 28.8 Å². The number of nitrogens with two attached hydrogens (primary N) is 1. The van der Waals surface area contributed by atoms with Crippen LogP contribution < -0.4 is 5.73 Å². The van der Waals surface area contributed by atoms with Gasteiger partial charge in [-0.15, -0.1) is 0 Å². The lowest BCUT2D eigenvalue weighted by Crippen LogP contribution is -2.23. The summed E-state index contributed by atoms with van der Waals surface area (Å²) in [6, 6.07) is 1.41. The van der Waals surface area contributed by atoms with E-state index in [0.29, 0.717) is 5.22 Å². The highest BCUT2D eigenvalue weighted by molar-refractivity contribution is 9.10. The van der Waals surface area contributed by atoms with Crippen molar-refractivity contribution in [2.75, 3.05) is 20.6 Å². The van der Waals surface area contributed by atoms with Crippen molar-refractivity contribution in [1.82, 2.24) is 14.7 Å². The molecule has 104 valence electrons. The first kappa shape index (κ1) is 14.6. The van der Waals surface area contributed by atoms with Gasteiger partial charge in [-0.25, -0.2) is 0 Å². The molecule has 0 amide bonds. The summed E-state index contributed by atoms with van der Waals surface area (Å²) in [4.78, 5) is 2.09. The molecular weight excluding hydrogens is 332 g/mol. The molecule has 2 heterocycles. The molecule has 0 saturated heterocycles. The van der Waals surface area contributed by atoms with Gasteiger partial charge in [-0.05, 0) is 47.7 Å². The van der Waals surface area contributed by atoms with Crippen LogP contribution in [0.3, 0.4) is 0 Å². The van der Waals surface area contributed by atoms with Gasteiger partial charge in [0.2, 0.25) is 0 Å². The van der Waals surface area contributed by atoms with Gasteiger partial charge >= 0.3 is 0 Å². The summed E-state index contributed by atoms with van der Waals surface area (Å²) < 4.78 is 7.85. The Morgan fingerprint density at radius 1 is 1.58 bits per heavy atom. The molecule has 0 fully saturated rings.